The molecule has 0 aromatic heterocycles. The highest BCUT2D eigenvalue weighted by Crippen LogP contribution is 2.06. The molecule has 0 aromatic rings. The van der Waals surface area contributed by atoms with Crippen molar-refractivity contribution in [2.45, 2.75) is 19.4 Å². The van der Waals surface area contributed by atoms with Crippen LogP contribution < -0.4 is 5.32 Å². The van der Waals surface area contributed by atoms with E-state index in [-0.39, 0.29) is 37.1 Å². The second-order valence-corrected chi connectivity index (χ2v) is 6.24. The van der Waals surface area contributed by atoms with Crippen molar-refractivity contribution in [1.29, 1.82) is 0 Å². The topological polar surface area (TPSA) is 83.6 Å². The lowest BCUT2D eigenvalue weighted by molar-refractivity contribution is -0.131. The molecule has 6 nitrogen and oxygen atoms in total. The number of carbonyl (C=O) groups is 2. The molecule has 1 saturated heterocycles. The molecule has 0 radical (unpaired) electrons. The van der Waals surface area contributed by atoms with Gasteiger partial charge >= 0.3 is 0 Å². The summed E-state index contributed by atoms with van der Waals surface area (Å²) in [5.74, 6) is -0.489. The zero-order valence-corrected chi connectivity index (χ0v) is 10.2. The summed E-state index contributed by atoms with van der Waals surface area (Å²) in [5, 5.41) is 2.46. The summed E-state index contributed by atoms with van der Waals surface area (Å²) >= 11 is 0. The van der Waals surface area contributed by atoms with Gasteiger partial charge in [0.1, 0.15) is 9.84 Å². The Labute approximate surface area is 94.9 Å². The van der Waals surface area contributed by atoms with Crippen molar-refractivity contribution in [1.82, 2.24) is 10.2 Å². The van der Waals surface area contributed by atoms with Crippen LogP contribution in [0.15, 0.2) is 0 Å². The van der Waals surface area contributed by atoms with Crippen molar-refractivity contribution in [2.75, 3.05) is 25.1 Å². The largest absolute Gasteiger partial charge is 0.347 e. The molecule has 2 amide bonds. The number of sulfone groups is 1. The van der Waals surface area contributed by atoms with E-state index in [0.717, 1.165) is 6.26 Å². The Bertz CT molecular complexity index is 390. The molecule has 1 fully saturated rings. The SMILES string of the molecule is CC(CS(C)(=O)=O)N1CCC(=O)NCC1=O. The standard InChI is InChI=1S/C9H16N2O4S/c1-7(6-16(2,14)15)11-4-3-8(12)10-5-9(11)13/h7H,3-6H2,1-2H3,(H,10,12). The van der Waals surface area contributed by atoms with Crippen LogP contribution in [0.2, 0.25) is 0 Å². The van der Waals surface area contributed by atoms with Gasteiger partial charge in [-0.25, -0.2) is 8.42 Å². The Hall–Kier alpha value is -1.11. The molecule has 92 valence electrons. The van der Waals surface area contributed by atoms with Crippen LogP contribution in [0.3, 0.4) is 0 Å². The minimum absolute atomic E-state index is 0.0487. The number of hydrogen-bond donors (Lipinski definition) is 1. The highest BCUT2D eigenvalue weighted by Gasteiger charge is 2.26. The molecular weight excluding hydrogens is 232 g/mol. The predicted octanol–water partition coefficient (Wildman–Crippen LogP) is -1.23. The van der Waals surface area contributed by atoms with Crippen LogP contribution in [-0.4, -0.2) is 56.3 Å². The van der Waals surface area contributed by atoms with Gasteiger partial charge in [-0.15, -0.1) is 0 Å². The molecule has 1 rings (SSSR count). The normalized spacial score (nSPS) is 20.2. The van der Waals surface area contributed by atoms with Crippen LogP contribution in [-0.2, 0) is 19.4 Å². The predicted molar refractivity (Wildman–Crippen MR) is 58.5 cm³/mol. The van der Waals surface area contributed by atoms with Crippen molar-refractivity contribution < 1.29 is 18.0 Å². The molecule has 7 heteroatoms. The first-order chi connectivity index (χ1) is 7.29. The number of hydrogen-bond acceptors (Lipinski definition) is 4. The van der Waals surface area contributed by atoms with Crippen LogP contribution in [0.1, 0.15) is 13.3 Å². The maximum absolute atomic E-state index is 11.6. The van der Waals surface area contributed by atoms with Crippen LogP contribution in [0.5, 0.6) is 0 Å². The lowest BCUT2D eigenvalue weighted by Gasteiger charge is -2.26. The highest BCUT2D eigenvalue weighted by molar-refractivity contribution is 7.90. The fraction of sp³-hybridized carbons (Fsp3) is 0.778. The van der Waals surface area contributed by atoms with Crippen LogP contribution in [0.4, 0.5) is 0 Å². The van der Waals surface area contributed by atoms with E-state index in [0.29, 0.717) is 0 Å². The van der Waals surface area contributed by atoms with Gasteiger partial charge in [0.05, 0.1) is 12.3 Å². The quantitative estimate of drug-likeness (QED) is 0.677. The van der Waals surface area contributed by atoms with Gasteiger partial charge in [-0.3, -0.25) is 9.59 Å². The Balaban J connectivity index is 2.70. The third-order valence-corrected chi connectivity index (χ3v) is 3.50. The fourth-order valence-corrected chi connectivity index (χ4v) is 2.76. The molecule has 0 aromatic carbocycles. The summed E-state index contributed by atoms with van der Waals surface area (Å²) in [7, 11) is -3.12. The van der Waals surface area contributed by atoms with E-state index < -0.39 is 15.9 Å². The first-order valence-corrected chi connectivity index (χ1v) is 7.09. The lowest BCUT2D eigenvalue weighted by atomic mass is 10.3. The Morgan fingerprint density at radius 2 is 2.06 bits per heavy atom. The maximum Gasteiger partial charge on any atom is 0.242 e. The van der Waals surface area contributed by atoms with Crippen molar-refractivity contribution >= 4 is 21.7 Å². The molecule has 0 spiro atoms. The number of carbonyl (C=O) groups excluding carboxylic acids is 2. The van der Waals surface area contributed by atoms with E-state index >= 15 is 0 Å². The first-order valence-electron chi connectivity index (χ1n) is 5.03. The average Bonchev–Trinajstić information content (AvgIpc) is 2.26. The van der Waals surface area contributed by atoms with Gasteiger partial charge in [-0.2, -0.15) is 0 Å². The molecule has 16 heavy (non-hydrogen) atoms. The molecule has 1 unspecified atom stereocenters. The first kappa shape index (κ1) is 13.0. The molecule has 1 aliphatic heterocycles. The summed E-state index contributed by atoms with van der Waals surface area (Å²) in [6, 6.07) is -0.393. The van der Waals surface area contributed by atoms with Gasteiger partial charge in [0.15, 0.2) is 0 Å². The molecule has 0 aliphatic carbocycles. The molecular formula is C9H16N2O4S. The van der Waals surface area contributed by atoms with E-state index in [9.17, 15) is 18.0 Å². The van der Waals surface area contributed by atoms with Crippen LogP contribution in [0.25, 0.3) is 0 Å². The number of amides is 2. The summed E-state index contributed by atoms with van der Waals surface area (Å²) < 4.78 is 22.2. The van der Waals surface area contributed by atoms with Crippen molar-refractivity contribution in [3.63, 3.8) is 0 Å². The van der Waals surface area contributed by atoms with Gasteiger partial charge in [0.25, 0.3) is 0 Å². The summed E-state index contributed by atoms with van der Waals surface area (Å²) in [5.41, 5.74) is 0. The van der Waals surface area contributed by atoms with Crippen molar-refractivity contribution in [3.8, 4) is 0 Å². The van der Waals surface area contributed by atoms with Crippen LogP contribution in [0, 0.1) is 0 Å². The van der Waals surface area contributed by atoms with Crippen molar-refractivity contribution in [3.05, 3.63) is 0 Å². The van der Waals surface area contributed by atoms with Gasteiger partial charge in [0, 0.05) is 25.3 Å². The monoisotopic (exact) mass is 248 g/mol. The zero-order chi connectivity index (χ0) is 12.3. The van der Waals surface area contributed by atoms with E-state index in [1.807, 2.05) is 0 Å². The van der Waals surface area contributed by atoms with Gasteiger partial charge < -0.3 is 10.2 Å². The summed E-state index contributed by atoms with van der Waals surface area (Å²) in [4.78, 5) is 24.1. The second kappa shape index (κ2) is 4.82. The molecule has 0 saturated carbocycles. The van der Waals surface area contributed by atoms with E-state index in [1.165, 1.54) is 4.90 Å². The molecule has 1 atom stereocenters. The Morgan fingerprint density at radius 3 is 2.62 bits per heavy atom. The molecule has 1 aliphatic rings. The summed E-state index contributed by atoms with van der Waals surface area (Å²) in [6.07, 6.45) is 1.36. The van der Waals surface area contributed by atoms with Crippen LogP contribution >= 0.6 is 0 Å². The third-order valence-electron chi connectivity index (χ3n) is 2.41. The van der Waals surface area contributed by atoms with Gasteiger partial charge in [-0.05, 0) is 6.92 Å². The Kier molecular flexibility index (Phi) is 3.90. The zero-order valence-electron chi connectivity index (χ0n) is 9.39. The average molecular weight is 248 g/mol. The highest BCUT2D eigenvalue weighted by atomic mass is 32.2. The number of nitrogens with zero attached hydrogens (tertiary/aromatic N) is 1. The maximum atomic E-state index is 11.6. The minimum Gasteiger partial charge on any atom is -0.347 e. The molecule has 0 bridgehead atoms. The fourth-order valence-electron chi connectivity index (χ4n) is 1.71. The number of nitrogens with one attached hydrogen (secondary N) is 1. The molecule has 1 heterocycles. The molecule has 1 N–H and O–H groups in total. The van der Waals surface area contributed by atoms with Gasteiger partial charge in [0.2, 0.25) is 11.8 Å². The van der Waals surface area contributed by atoms with E-state index in [1.54, 1.807) is 6.92 Å². The lowest BCUT2D eigenvalue weighted by Crippen LogP contribution is -2.44. The second-order valence-electron chi connectivity index (χ2n) is 4.06. The smallest absolute Gasteiger partial charge is 0.242 e. The van der Waals surface area contributed by atoms with E-state index in [4.69, 9.17) is 0 Å². The van der Waals surface area contributed by atoms with Gasteiger partial charge in [-0.1, -0.05) is 0 Å². The van der Waals surface area contributed by atoms with Crippen molar-refractivity contribution in [2.24, 2.45) is 0 Å². The summed E-state index contributed by atoms with van der Waals surface area (Å²) in [6.45, 7) is 1.91. The number of rotatable bonds is 3. The minimum atomic E-state index is -3.12. The van der Waals surface area contributed by atoms with E-state index in [2.05, 4.69) is 5.32 Å². The third kappa shape index (κ3) is 3.80. The Morgan fingerprint density at radius 1 is 1.44 bits per heavy atom.